The Morgan fingerprint density at radius 2 is 1.88 bits per heavy atom. The number of rotatable bonds is 7. The van der Waals surface area contributed by atoms with Gasteiger partial charge in [0, 0.05) is 23.7 Å². The first kappa shape index (κ1) is 14.6. The van der Waals surface area contributed by atoms with Crippen molar-refractivity contribution in [1.29, 1.82) is 0 Å². The zero-order valence-electron chi connectivity index (χ0n) is 11.1. The van der Waals surface area contributed by atoms with Crippen molar-refractivity contribution in [2.45, 2.75) is 18.7 Å². The van der Waals surface area contributed by atoms with Crippen molar-refractivity contribution in [1.82, 2.24) is 4.90 Å². The van der Waals surface area contributed by atoms with E-state index in [1.165, 1.54) is 4.90 Å². The zero-order valence-corrected chi connectivity index (χ0v) is 12.0. The average molecular weight is 252 g/mol. The lowest BCUT2D eigenvalue weighted by molar-refractivity contribution is 0.225. The third kappa shape index (κ3) is 6.10. The van der Waals surface area contributed by atoms with Crippen LogP contribution in [0, 0.1) is 5.41 Å². The van der Waals surface area contributed by atoms with Gasteiger partial charge < -0.3 is 10.6 Å². The molecule has 2 nitrogen and oxygen atoms in total. The van der Waals surface area contributed by atoms with E-state index in [-0.39, 0.29) is 5.41 Å². The number of thioether (sulfide) groups is 1. The van der Waals surface area contributed by atoms with Crippen LogP contribution in [0.4, 0.5) is 0 Å². The van der Waals surface area contributed by atoms with E-state index in [4.69, 9.17) is 5.73 Å². The lowest BCUT2D eigenvalue weighted by atomic mass is 9.93. The Morgan fingerprint density at radius 1 is 1.24 bits per heavy atom. The van der Waals surface area contributed by atoms with Gasteiger partial charge in [-0.25, -0.2) is 0 Å². The van der Waals surface area contributed by atoms with Crippen molar-refractivity contribution in [3.05, 3.63) is 30.3 Å². The molecule has 0 aromatic heterocycles. The highest BCUT2D eigenvalue weighted by molar-refractivity contribution is 7.99. The van der Waals surface area contributed by atoms with E-state index in [2.05, 4.69) is 56.1 Å². The molecule has 1 rings (SSSR count). The van der Waals surface area contributed by atoms with E-state index in [1.807, 2.05) is 11.8 Å². The van der Waals surface area contributed by atoms with Gasteiger partial charge in [-0.3, -0.25) is 0 Å². The van der Waals surface area contributed by atoms with Gasteiger partial charge in [-0.2, -0.15) is 0 Å². The summed E-state index contributed by atoms with van der Waals surface area (Å²) in [4.78, 5) is 3.71. The van der Waals surface area contributed by atoms with Gasteiger partial charge >= 0.3 is 0 Å². The summed E-state index contributed by atoms with van der Waals surface area (Å²) in [7, 11) is 2.17. The largest absolute Gasteiger partial charge is 0.330 e. The zero-order chi connectivity index (χ0) is 12.7. The Kier molecular flexibility index (Phi) is 6.03. The monoisotopic (exact) mass is 252 g/mol. The predicted molar refractivity (Wildman–Crippen MR) is 77.5 cm³/mol. The maximum Gasteiger partial charge on any atom is 0.0108 e. The fraction of sp³-hybridized carbons (Fsp3) is 0.571. The first-order valence-electron chi connectivity index (χ1n) is 6.10. The van der Waals surface area contributed by atoms with Gasteiger partial charge in [0.2, 0.25) is 0 Å². The quantitative estimate of drug-likeness (QED) is 0.757. The molecule has 1 aromatic rings. The predicted octanol–water partition coefficient (Wildman–Crippen LogP) is 2.70. The van der Waals surface area contributed by atoms with Gasteiger partial charge in [0.05, 0.1) is 0 Å². The lowest BCUT2D eigenvalue weighted by Gasteiger charge is -2.28. The van der Waals surface area contributed by atoms with E-state index in [1.54, 1.807) is 0 Å². The Balaban J connectivity index is 2.23. The van der Waals surface area contributed by atoms with Crippen molar-refractivity contribution in [3.63, 3.8) is 0 Å². The molecule has 0 heterocycles. The molecular weight excluding hydrogens is 228 g/mol. The minimum absolute atomic E-state index is 0.214. The third-order valence-corrected chi connectivity index (χ3v) is 3.73. The summed E-state index contributed by atoms with van der Waals surface area (Å²) < 4.78 is 0. The van der Waals surface area contributed by atoms with Gasteiger partial charge in [0.1, 0.15) is 0 Å². The van der Waals surface area contributed by atoms with E-state index in [0.29, 0.717) is 0 Å². The molecule has 0 saturated heterocycles. The van der Waals surface area contributed by atoms with Crippen LogP contribution in [-0.4, -0.2) is 37.3 Å². The van der Waals surface area contributed by atoms with Crippen LogP contribution in [0.3, 0.4) is 0 Å². The Labute approximate surface area is 110 Å². The highest BCUT2D eigenvalue weighted by atomic mass is 32.2. The molecule has 17 heavy (non-hydrogen) atoms. The molecule has 0 fully saturated rings. The molecule has 1 aromatic carbocycles. The Morgan fingerprint density at radius 3 is 2.47 bits per heavy atom. The Bertz CT molecular complexity index is 311. The average Bonchev–Trinajstić information content (AvgIpc) is 2.30. The summed E-state index contributed by atoms with van der Waals surface area (Å²) in [6.07, 6.45) is 0. The molecule has 0 radical (unpaired) electrons. The smallest absolute Gasteiger partial charge is 0.0108 e. The van der Waals surface area contributed by atoms with Crippen LogP contribution < -0.4 is 5.73 Å². The first-order chi connectivity index (χ1) is 8.03. The number of benzene rings is 1. The standard InChI is InChI=1S/C14H24N2S/c1-14(2,11-15)12-16(3)9-10-17-13-7-5-4-6-8-13/h4-8H,9-12,15H2,1-3H3. The van der Waals surface area contributed by atoms with Gasteiger partial charge in [-0.1, -0.05) is 32.0 Å². The van der Waals surface area contributed by atoms with Crippen LogP contribution in [-0.2, 0) is 0 Å². The van der Waals surface area contributed by atoms with E-state index in [0.717, 1.165) is 25.4 Å². The molecule has 0 spiro atoms. The number of nitrogens with zero attached hydrogens (tertiary/aromatic N) is 1. The maximum absolute atomic E-state index is 5.74. The van der Waals surface area contributed by atoms with Gasteiger partial charge in [0.25, 0.3) is 0 Å². The molecule has 0 aliphatic heterocycles. The normalized spacial score (nSPS) is 12.1. The van der Waals surface area contributed by atoms with Crippen LogP contribution in [0.5, 0.6) is 0 Å². The second-order valence-corrected chi connectivity index (χ2v) is 6.44. The van der Waals surface area contributed by atoms with E-state index in [9.17, 15) is 0 Å². The molecule has 0 saturated carbocycles. The number of hydrogen-bond donors (Lipinski definition) is 1. The summed E-state index contributed by atoms with van der Waals surface area (Å²) in [5.41, 5.74) is 5.96. The first-order valence-corrected chi connectivity index (χ1v) is 7.08. The second kappa shape index (κ2) is 7.04. The summed E-state index contributed by atoms with van der Waals surface area (Å²) >= 11 is 1.91. The summed E-state index contributed by atoms with van der Waals surface area (Å²) in [6, 6.07) is 10.6. The van der Waals surface area contributed by atoms with Crippen molar-refractivity contribution in [3.8, 4) is 0 Å². The molecule has 0 bridgehead atoms. The molecule has 0 atom stereocenters. The van der Waals surface area contributed by atoms with Crippen molar-refractivity contribution in [2.24, 2.45) is 11.1 Å². The Hall–Kier alpha value is -0.510. The summed E-state index contributed by atoms with van der Waals surface area (Å²) in [6.45, 7) is 7.33. The van der Waals surface area contributed by atoms with Crippen LogP contribution in [0.2, 0.25) is 0 Å². The minimum Gasteiger partial charge on any atom is -0.330 e. The molecule has 2 N–H and O–H groups in total. The highest BCUT2D eigenvalue weighted by Crippen LogP contribution is 2.18. The molecule has 0 aliphatic rings. The number of hydrogen-bond acceptors (Lipinski definition) is 3. The summed E-state index contributed by atoms with van der Waals surface area (Å²) in [5.74, 6) is 1.13. The topological polar surface area (TPSA) is 29.3 Å². The summed E-state index contributed by atoms with van der Waals surface area (Å²) in [5, 5.41) is 0. The van der Waals surface area contributed by atoms with Crippen LogP contribution in [0.1, 0.15) is 13.8 Å². The fourth-order valence-corrected chi connectivity index (χ4v) is 2.70. The second-order valence-electron chi connectivity index (χ2n) is 5.27. The van der Waals surface area contributed by atoms with Gasteiger partial charge in [-0.05, 0) is 31.1 Å². The van der Waals surface area contributed by atoms with E-state index >= 15 is 0 Å². The van der Waals surface area contributed by atoms with Gasteiger partial charge in [0.15, 0.2) is 0 Å². The maximum atomic E-state index is 5.74. The molecule has 3 heteroatoms. The molecule has 0 amide bonds. The molecule has 0 aliphatic carbocycles. The van der Waals surface area contributed by atoms with Crippen molar-refractivity contribution in [2.75, 3.05) is 32.4 Å². The van der Waals surface area contributed by atoms with Gasteiger partial charge in [-0.15, -0.1) is 11.8 Å². The fourth-order valence-electron chi connectivity index (χ4n) is 1.71. The van der Waals surface area contributed by atoms with Crippen molar-refractivity contribution < 1.29 is 0 Å². The molecule has 0 unspecified atom stereocenters. The highest BCUT2D eigenvalue weighted by Gasteiger charge is 2.17. The molecular formula is C14H24N2S. The van der Waals surface area contributed by atoms with Crippen molar-refractivity contribution >= 4 is 11.8 Å². The van der Waals surface area contributed by atoms with Crippen LogP contribution >= 0.6 is 11.8 Å². The van der Waals surface area contributed by atoms with Crippen LogP contribution in [0.15, 0.2) is 35.2 Å². The number of nitrogens with two attached hydrogens (primary N) is 1. The van der Waals surface area contributed by atoms with E-state index < -0.39 is 0 Å². The SMILES string of the molecule is CN(CCSc1ccccc1)CC(C)(C)CN. The van der Waals surface area contributed by atoms with Crippen LogP contribution in [0.25, 0.3) is 0 Å². The minimum atomic E-state index is 0.214. The molecule has 96 valence electrons. The lowest BCUT2D eigenvalue weighted by Crippen LogP contribution is -2.37. The third-order valence-electron chi connectivity index (χ3n) is 2.74.